The van der Waals surface area contributed by atoms with Crippen LogP contribution in [-0.2, 0) is 16.0 Å². The van der Waals surface area contributed by atoms with E-state index in [1.54, 1.807) is 31.3 Å². The van der Waals surface area contributed by atoms with Gasteiger partial charge >= 0.3 is 5.97 Å². The van der Waals surface area contributed by atoms with Crippen molar-refractivity contribution < 1.29 is 13.9 Å². The molecule has 0 radical (unpaired) electrons. The number of carbonyl (C=O) groups is 1. The SMILES string of the molecule is CCOC(=O)C(F)c1ccc2nc(CC(C)(C)C)cnc2c1. The minimum Gasteiger partial charge on any atom is -0.464 e. The van der Waals surface area contributed by atoms with Crippen LogP contribution >= 0.6 is 0 Å². The molecule has 0 fully saturated rings. The van der Waals surface area contributed by atoms with Gasteiger partial charge in [0.25, 0.3) is 0 Å². The van der Waals surface area contributed by atoms with E-state index >= 15 is 0 Å². The third-order valence-corrected chi connectivity index (χ3v) is 3.11. The highest BCUT2D eigenvalue weighted by Gasteiger charge is 2.21. The third-order valence-electron chi connectivity index (χ3n) is 3.11. The topological polar surface area (TPSA) is 52.1 Å². The van der Waals surface area contributed by atoms with Gasteiger partial charge in [-0.25, -0.2) is 14.2 Å². The molecule has 0 aliphatic carbocycles. The standard InChI is InChI=1S/C17H21FN2O2/c1-5-22-16(21)15(18)11-6-7-13-14(8-11)19-10-12(20-13)9-17(2,3)4/h6-8,10,15H,5,9H2,1-4H3. The van der Waals surface area contributed by atoms with Crippen LogP contribution in [0.15, 0.2) is 24.4 Å². The highest BCUT2D eigenvalue weighted by atomic mass is 19.1. The van der Waals surface area contributed by atoms with E-state index in [0.29, 0.717) is 11.0 Å². The summed E-state index contributed by atoms with van der Waals surface area (Å²) < 4.78 is 18.7. The number of esters is 1. The molecule has 2 aromatic rings. The maximum Gasteiger partial charge on any atom is 0.345 e. The molecule has 0 aliphatic heterocycles. The highest BCUT2D eigenvalue weighted by Crippen LogP contribution is 2.24. The number of hydrogen-bond donors (Lipinski definition) is 0. The van der Waals surface area contributed by atoms with Gasteiger partial charge < -0.3 is 4.74 Å². The molecule has 1 unspecified atom stereocenters. The highest BCUT2D eigenvalue weighted by molar-refractivity contribution is 5.80. The predicted molar refractivity (Wildman–Crippen MR) is 83.2 cm³/mol. The van der Waals surface area contributed by atoms with Crippen molar-refractivity contribution in [2.75, 3.05) is 6.61 Å². The normalized spacial score (nSPS) is 13.1. The molecule has 1 atom stereocenters. The van der Waals surface area contributed by atoms with Crippen LogP contribution < -0.4 is 0 Å². The van der Waals surface area contributed by atoms with Gasteiger partial charge in [0.05, 0.1) is 23.3 Å². The quantitative estimate of drug-likeness (QED) is 0.806. The van der Waals surface area contributed by atoms with Gasteiger partial charge in [0, 0.05) is 6.20 Å². The van der Waals surface area contributed by atoms with E-state index in [0.717, 1.165) is 12.1 Å². The van der Waals surface area contributed by atoms with Gasteiger partial charge in [-0.15, -0.1) is 0 Å². The smallest absolute Gasteiger partial charge is 0.345 e. The second kappa shape index (κ2) is 6.38. The zero-order chi connectivity index (χ0) is 16.3. The van der Waals surface area contributed by atoms with Gasteiger partial charge in [-0.05, 0) is 36.5 Å². The molecule has 0 N–H and O–H groups in total. The van der Waals surface area contributed by atoms with Crippen LogP contribution in [0.4, 0.5) is 4.39 Å². The summed E-state index contributed by atoms with van der Waals surface area (Å²) in [6, 6.07) is 4.79. The second-order valence-electron chi connectivity index (χ2n) is 6.46. The molecule has 0 spiro atoms. The van der Waals surface area contributed by atoms with E-state index < -0.39 is 12.1 Å². The van der Waals surface area contributed by atoms with Crippen molar-refractivity contribution >= 4 is 17.0 Å². The van der Waals surface area contributed by atoms with Crippen molar-refractivity contribution in [3.8, 4) is 0 Å². The van der Waals surface area contributed by atoms with Crippen molar-refractivity contribution in [3.05, 3.63) is 35.7 Å². The summed E-state index contributed by atoms with van der Waals surface area (Å²) in [5.74, 6) is -0.876. The number of aromatic nitrogens is 2. The van der Waals surface area contributed by atoms with E-state index in [1.165, 1.54) is 0 Å². The Labute approximate surface area is 129 Å². The van der Waals surface area contributed by atoms with Crippen LogP contribution in [0.1, 0.15) is 45.1 Å². The number of carbonyl (C=O) groups excluding carboxylic acids is 1. The zero-order valence-corrected chi connectivity index (χ0v) is 13.4. The van der Waals surface area contributed by atoms with Crippen LogP contribution in [-0.4, -0.2) is 22.5 Å². The maximum absolute atomic E-state index is 14.0. The van der Waals surface area contributed by atoms with Crippen molar-refractivity contribution in [1.29, 1.82) is 0 Å². The fourth-order valence-electron chi connectivity index (χ4n) is 2.20. The van der Waals surface area contributed by atoms with E-state index in [-0.39, 0.29) is 17.6 Å². The average molecular weight is 304 g/mol. The van der Waals surface area contributed by atoms with Gasteiger partial charge in [-0.1, -0.05) is 26.8 Å². The molecule has 0 aliphatic rings. The molecule has 22 heavy (non-hydrogen) atoms. The lowest BCUT2D eigenvalue weighted by Gasteiger charge is -2.17. The Balaban J connectivity index is 2.28. The number of rotatable bonds is 4. The van der Waals surface area contributed by atoms with Crippen molar-refractivity contribution in [3.63, 3.8) is 0 Å². The Kier molecular flexibility index (Phi) is 4.74. The number of ether oxygens (including phenoxy) is 1. The fourth-order valence-corrected chi connectivity index (χ4v) is 2.20. The first-order valence-electron chi connectivity index (χ1n) is 7.36. The van der Waals surface area contributed by atoms with Gasteiger partial charge in [-0.3, -0.25) is 4.98 Å². The Bertz CT molecular complexity index is 680. The summed E-state index contributed by atoms with van der Waals surface area (Å²) in [4.78, 5) is 20.3. The summed E-state index contributed by atoms with van der Waals surface area (Å²) in [7, 11) is 0. The summed E-state index contributed by atoms with van der Waals surface area (Å²) in [5.41, 5.74) is 2.53. The van der Waals surface area contributed by atoms with E-state index in [1.807, 2.05) is 0 Å². The van der Waals surface area contributed by atoms with E-state index in [2.05, 4.69) is 30.7 Å². The lowest BCUT2D eigenvalue weighted by molar-refractivity contribution is -0.149. The monoisotopic (exact) mass is 304 g/mol. The van der Waals surface area contributed by atoms with Crippen LogP contribution in [0, 0.1) is 5.41 Å². The second-order valence-corrected chi connectivity index (χ2v) is 6.46. The van der Waals surface area contributed by atoms with E-state index in [9.17, 15) is 9.18 Å². The van der Waals surface area contributed by atoms with Gasteiger partial charge in [-0.2, -0.15) is 0 Å². The number of benzene rings is 1. The third kappa shape index (κ3) is 4.00. The molecule has 0 bridgehead atoms. The van der Waals surface area contributed by atoms with Crippen molar-refractivity contribution in [1.82, 2.24) is 9.97 Å². The minimum absolute atomic E-state index is 0.121. The summed E-state index contributed by atoms with van der Waals surface area (Å²) >= 11 is 0. The number of fused-ring (bicyclic) bond motifs is 1. The molecule has 2 rings (SSSR count). The van der Waals surface area contributed by atoms with Crippen LogP contribution in [0.25, 0.3) is 11.0 Å². The summed E-state index contributed by atoms with van der Waals surface area (Å²) in [6.45, 7) is 8.20. The van der Waals surface area contributed by atoms with Crippen molar-refractivity contribution in [2.24, 2.45) is 5.41 Å². The first-order chi connectivity index (χ1) is 10.3. The predicted octanol–water partition coefficient (Wildman–Crippen LogP) is 3.79. The Hall–Kier alpha value is -2.04. The molecular weight excluding hydrogens is 283 g/mol. The fraction of sp³-hybridized carbons (Fsp3) is 0.471. The Morgan fingerprint density at radius 2 is 2.05 bits per heavy atom. The number of alkyl halides is 1. The Morgan fingerprint density at radius 3 is 2.68 bits per heavy atom. The van der Waals surface area contributed by atoms with E-state index in [4.69, 9.17) is 4.74 Å². The molecule has 5 heteroatoms. The molecular formula is C17H21FN2O2. The summed E-state index contributed by atoms with van der Waals surface area (Å²) in [6.07, 6.45) is 0.724. The minimum atomic E-state index is -1.79. The molecule has 1 heterocycles. The largest absolute Gasteiger partial charge is 0.464 e. The van der Waals surface area contributed by atoms with Crippen LogP contribution in [0.5, 0.6) is 0 Å². The van der Waals surface area contributed by atoms with Gasteiger partial charge in [0.1, 0.15) is 0 Å². The maximum atomic E-state index is 14.0. The molecule has 1 aromatic heterocycles. The van der Waals surface area contributed by atoms with Crippen molar-refractivity contribution in [2.45, 2.75) is 40.3 Å². The van der Waals surface area contributed by atoms with Gasteiger partial charge in [0.2, 0.25) is 6.17 Å². The van der Waals surface area contributed by atoms with Gasteiger partial charge in [0.15, 0.2) is 0 Å². The first kappa shape index (κ1) is 16.3. The summed E-state index contributed by atoms with van der Waals surface area (Å²) in [5, 5.41) is 0. The number of hydrogen-bond acceptors (Lipinski definition) is 4. The van der Waals surface area contributed by atoms with Crippen LogP contribution in [0.3, 0.4) is 0 Å². The average Bonchev–Trinajstić information content (AvgIpc) is 2.44. The molecule has 118 valence electrons. The molecule has 0 amide bonds. The number of nitrogens with zero attached hydrogens (tertiary/aromatic N) is 2. The zero-order valence-electron chi connectivity index (χ0n) is 13.4. The lowest BCUT2D eigenvalue weighted by Crippen LogP contribution is -2.12. The molecule has 1 aromatic carbocycles. The lowest BCUT2D eigenvalue weighted by atomic mass is 9.91. The molecule has 0 saturated carbocycles. The van der Waals surface area contributed by atoms with Crippen LogP contribution in [0.2, 0.25) is 0 Å². The molecule has 4 nitrogen and oxygen atoms in total. The first-order valence-corrected chi connectivity index (χ1v) is 7.36. The Morgan fingerprint density at radius 1 is 1.32 bits per heavy atom. The number of halogens is 1. The molecule has 0 saturated heterocycles.